The van der Waals surface area contributed by atoms with Crippen LogP contribution in [0.5, 0.6) is 0 Å². The van der Waals surface area contributed by atoms with E-state index in [1.165, 1.54) is 19.1 Å². The highest BCUT2D eigenvalue weighted by molar-refractivity contribution is 5.93. The van der Waals surface area contributed by atoms with Crippen molar-refractivity contribution in [1.29, 1.82) is 0 Å². The Balaban J connectivity index is 1.99. The average Bonchev–Trinajstić information content (AvgIpc) is 2.74. The van der Waals surface area contributed by atoms with Crippen molar-refractivity contribution >= 4 is 11.9 Å². The molecule has 18 heavy (non-hydrogen) atoms. The second-order valence-electron chi connectivity index (χ2n) is 4.13. The van der Waals surface area contributed by atoms with Gasteiger partial charge in [0.25, 0.3) is 5.91 Å². The van der Waals surface area contributed by atoms with E-state index in [9.17, 15) is 9.59 Å². The molecule has 1 aliphatic heterocycles. The number of nitrogens with zero attached hydrogens (tertiary/aromatic N) is 4. The molecule has 0 aromatic carbocycles. The Labute approximate surface area is 104 Å². The number of carbonyl (C=O) groups is 2. The normalized spacial score (nSPS) is 15.0. The number of hydrogen-bond acceptors (Lipinski definition) is 6. The van der Waals surface area contributed by atoms with Crippen LogP contribution in [0.15, 0.2) is 6.20 Å². The molecule has 98 valence electrons. The first-order valence-electron chi connectivity index (χ1n) is 5.56. The van der Waals surface area contributed by atoms with Gasteiger partial charge in [0.2, 0.25) is 0 Å². The van der Waals surface area contributed by atoms with Crippen molar-refractivity contribution in [1.82, 2.24) is 25.2 Å². The van der Waals surface area contributed by atoms with Gasteiger partial charge in [-0.3, -0.25) is 9.59 Å². The number of nitrogens with one attached hydrogen (secondary N) is 1. The molecule has 1 N–H and O–H groups in total. The van der Waals surface area contributed by atoms with E-state index in [2.05, 4.69) is 20.4 Å². The number of aromatic nitrogens is 3. The van der Waals surface area contributed by atoms with Gasteiger partial charge in [0.05, 0.1) is 19.3 Å². The van der Waals surface area contributed by atoms with Crippen LogP contribution in [0.3, 0.4) is 0 Å². The van der Waals surface area contributed by atoms with Crippen LogP contribution in [0.2, 0.25) is 0 Å². The van der Waals surface area contributed by atoms with Crippen LogP contribution in [0.1, 0.15) is 16.5 Å². The molecule has 0 bridgehead atoms. The van der Waals surface area contributed by atoms with Crippen molar-refractivity contribution in [3.8, 4) is 0 Å². The summed E-state index contributed by atoms with van der Waals surface area (Å²) < 4.78 is 6.16. The number of rotatable bonds is 4. The SMILES string of the molecule is COC(=O)CN(C)C(=O)c1cn(C2CNC2)nn1. The van der Waals surface area contributed by atoms with Crippen molar-refractivity contribution < 1.29 is 14.3 Å². The van der Waals surface area contributed by atoms with E-state index in [0.29, 0.717) is 0 Å². The molecule has 1 fully saturated rings. The summed E-state index contributed by atoms with van der Waals surface area (Å²) in [6.45, 7) is 1.55. The van der Waals surface area contributed by atoms with Gasteiger partial charge in [-0.25, -0.2) is 4.68 Å². The van der Waals surface area contributed by atoms with Crippen LogP contribution in [0, 0.1) is 0 Å². The molecule has 1 aromatic rings. The van der Waals surface area contributed by atoms with Crippen molar-refractivity contribution in [2.24, 2.45) is 0 Å². The van der Waals surface area contributed by atoms with E-state index in [1.807, 2.05) is 0 Å². The van der Waals surface area contributed by atoms with Gasteiger partial charge in [-0.1, -0.05) is 5.21 Å². The molecule has 0 atom stereocenters. The molecule has 1 aromatic heterocycles. The summed E-state index contributed by atoms with van der Waals surface area (Å²) in [5.41, 5.74) is 0.230. The average molecular weight is 253 g/mol. The van der Waals surface area contributed by atoms with Crippen molar-refractivity contribution in [3.63, 3.8) is 0 Å². The van der Waals surface area contributed by atoms with Crippen molar-refractivity contribution in [2.45, 2.75) is 6.04 Å². The molecule has 2 rings (SSSR count). The molecule has 2 heterocycles. The third-order valence-electron chi connectivity index (χ3n) is 2.80. The Hall–Kier alpha value is -1.96. The summed E-state index contributed by atoms with van der Waals surface area (Å²) >= 11 is 0. The fraction of sp³-hybridized carbons (Fsp3) is 0.600. The van der Waals surface area contributed by atoms with E-state index in [4.69, 9.17) is 0 Å². The zero-order chi connectivity index (χ0) is 13.1. The number of ether oxygens (including phenoxy) is 1. The number of amides is 1. The predicted molar refractivity (Wildman–Crippen MR) is 60.9 cm³/mol. The number of carbonyl (C=O) groups excluding carboxylic acids is 2. The maximum absolute atomic E-state index is 11.9. The summed E-state index contributed by atoms with van der Waals surface area (Å²) in [7, 11) is 2.80. The molecular weight excluding hydrogens is 238 g/mol. The molecule has 0 aliphatic carbocycles. The Kier molecular flexibility index (Phi) is 3.56. The minimum Gasteiger partial charge on any atom is -0.468 e. The van der Waals surface area contributed by atoms with Crippen molar-refractivity contribution in [3.05, 3.63) is 11.9 Å². The van der Waals surface area contributed by atoms with Gasteiger partial charge < -0.3 is 15.0 Å². The molecule has 0 spiro atoms. The van der Waals surface area contributed by atoms with Crippen LogP contribution in [0.25, 0.3) is 0 Å². The first-order valence-corrected chi connectivity index (χ1v) is 5.56. The Bertz CT molecular complexity index is 454. The van der Waals surface area contributed by atoms with Gasteiger partial charge in [0.15, 0.2) is 5.69 Å². The monoisotopic (exact) mass is 253 g/mol. The van der Waals surface area contributed by atoms with Gasteiger partial charge in [-0.15, -0.1) is 5.10 Å². The number of methoxy groups -OCH3 is 1. The zero-order valence-corrected chi connectivity index (χ0v) is 10.3. The molecule has 8 heteroatoms. The summed E-state index contributed by atoms with van der Waals surface area (Å²) in [6, 6.07) is 0.255. The third-order valence-corrected chi connectivity index (χ3v) is 2.80. The topological polar surface area (TPSA) is 89.4 Å². The van der Waals surface area contributed by atoms with E-state index in [-0.39, 0.29) is 24.2 Å². The van der Waals surface area contributed by atoms with Gasteiger partial charge in [-0.05, 0) is 0 Å². The van der Waals surface area contributed by atoms with Crippen LogP contribution in [-0.4, -0.2) is 65.6 Å². The molecule has 1 amide bonds. The zero-order valence-electron chi connectivity index (χ0n) is 10.3. The van der Waals surface area contributed by atoms with Gasteiger partial charge >= 0.3 is 5.97 Å². The molecule has 0 saturated carbocycles. The standard InChI is InChI=1S/C10H15N5O3/c1-14(6-9(16)18-2)10(17)8-5-15(13-12-8)7-3-11-4-7/h5,7,11H,3-4,6H2,1-2H3. The fourth-order valence-electron chi connectivity index (χ4n) is 1.54. The Morgan fingerprint density at radius 3 is 2.89 bits per heavy atom. The first kappa shape index (κ1) is 12.5. The lowest BCUT2D eigenvalue weighted by atomic mass is 10.2. The van der Waals surface area contributed by atoms with Gasteiger partial charge in [0, 0.05) is 20.1 Å². The highest BCUT2D eigenvalue weighted by atomic mass is 16.5. The Morgan fingerprint density at radius 1 is 1.61 bits per heavy atom. The first-order chi connectivity index (χ1) is 8.61. The number of hydrogen-bond donors (Lipinski definition) is 1. The number of esters is 1. The largest absolute Gasteiger partial charge is 0.468 e. The van der Waals surface area contributed by atoms with Crippen LogP contribution in [0.4, 0.5) is 0 Å². The number of likely N-dealkylation sites (N-methyl/N-ethyl adjacent to an activating group) is 1. The lowest BCUT2D eigenvalue weighted by Crippen LogP contribution is -2.43. The second kappa shape index (κ2) is 5.13. The maximum atomic E-state index is 11.9. The highest BCUT2D eigenvalue weighted by Gasteiger charge is 2.23. The van der Waals surface area contributed by atoms with E-state index in [1.54, 1.807) is 10.9 Å². The summed E-state index contributed by atoms with van der Waals surface area (Å²) in [4.78, 5) is 24.2. The quantitative estimate of drug-likeness (QED) is 0.669. The van der Waals surface area contributed by atoms with E-state index in [0.717, 1.165) is 13.1 Å². The molecule has 0 unspecified atom stereocenters. The van der Waals surface area contributed by atoms with Gasteiger partial charge in [-0.2, -0.15) is 0 Å². The molecule has 0 radical (unpaired) electrons. The second-order valence-corrected chi connectivity index (χ2v) is 4.13. The lowest BCUT2D eigenvalue weighted by Gasteiger charge is -2.26. The summed E-state index contributed by atoms with van der Waals surface area (Å²) in [5.74, 6) is -0.819. The van der Waals surface area contributed by atoms with Crippen LogP contribution < -0.4 is 5.32 Å². The van der Waals surface area contributed by atoms with E-state index >= 15 is 0 Å². The molecular formula is C10H15N5O3. The molecule has 8 nitrogen and oxygen atoms in total. The van der Waals surface area contributed by atoms with Gasteiger partial charge in [0.1, 0.15) is 6.54 Å². The summed E-state index contributed by atoms with van der Waals surface area (Å²) in [5, 5.41) is 10.8. The molecule has 1 aliphatic rings. The van der Waals surface area contributed by atoms with Crippen LogP contribution in [-0.2, 0) is 9.53 Å². The maximum Gasteiger partial charge on any atom is 0.325 e. The Morgan fingerprint density at radius 2 is 2.33 bits per heavy atom. The smallest absolute Gasteiger partial charge is 0.325 e. The van der Waals surface area contributed by atoms with E-state index < -0.39 is 5.97 Å². The predicted octanol–water partition coefficient (Wildman–Crippen LogP) is -1.33. The fourth-order valence-corrected chi connectivity index (χ4v) is 1.54. The third kappa shape index (κ3) is 2.48. The molecule has 1 saturated heterocycles. The highest BCUT2D eigenvalue weighted by Crippen LogP contribution is 2.10. The summed E-state index contributed by atoms with van der Waals surface area (Å²) in [6.07, 6.45) is 1.60. The van der Waals surface area contributed by atoms with Crippen molar-refractivity contribution in [2.75, 3.05) is 33.8 Å². The minimum atomic E-state index is -0.471. The minimum absolute atomic E-state index is 0.104. The lowest BCUT2D eigenvalue weighted by molar-refractivity contribution is -0.141. The van der Waals surface area contributed by atoms with Crippen LogP contribution >= 0.6 is 0 Å².